The van der Waals surface area contributed by atoms with Crippen molar-refractivity contribution in [3.63, 3.8) is 0 Å². The van der Waals surface area contributed by atoms with Crippen molar-refractivity contribution in [2.75, 3.05) is 24.1 Å². The average Bonchev–Trinajstić information content (AvgIpc) is 2.44. The number of nitrogen functional groups attached to an aromatic ring is 1. The first-order chi connectivity index (χ1) is 9.97. The molecule has 116 valence electrons. The van der Waals surface area contributed by atoms with Gasteiger partial charge in [-0.05, 0) is 50.4 Å². The zero-order valence-electron chi connectivity index (χ0n) is 12.7. The van der Waals surface area contributed by atoms with Crippen molar-refractivity contribution in [3.05, 3.63) is 23.2 Å². The smallest absolute Gasteiger partial charge is 0.225 e. The highest BCUT2D eigenvalue weighted by atomic mass is 35.5. The van der Waals surface area contributed by atoms with Crippen LogP contribution >= 0.6 is 11.6 Å². The van der Waals surface area contributed by atoms with Crippen molar-refractivity contribution in [3.8, 4) is 0 Å². The lowest BCUT2D eigenvalue weighted by Crippen LogP contribution is -2.43. The van der Waals surface area contributed by atoms with Crippen LogP contribution in [0.15, 0.2) is 18.2 Å². The van der Waals surface area contributed by atoms with E-state index < -0.39 is 0 Å². The van der Waals surface area contributed by atoms with Crippen LogP contribution in [0.3, 0.4) is 0 Å². The topological polar surface area (TPSA) is 58.4 Å². The number of nitrogens with zero attached hydrogens (tertiary/aromatic N) is 1. The summed E-state index contributed by atoms with van der Waals surface area (Å²) in [6, 6.07) is 5.70. The summed E-state index contributed by atoms with van der Waals surface area (Å²) in [5, 5.41) is 3.38. The highest BCUT2D eigenvalue weighted by Gasteiger charge is 2.24. The minimum absolute atomic E-state index is 0.0159. The quantitative estimate of drug-likeness (QED) is 0.838. The van der Waals surface area contributed by atoms with Gasteiger partial charge in [0.25, 0.3) is 0 Å². The fourth-order valence-electron chi connectivity index (χ4n) is 2.83. The SMILES string of the molecule is CC1CCCN(CCC(=O)Nc2ccc(Cl)c(N)c2)C1C. The number of rotatable bonds is 4. The molecule has 5 heteroatoms. The number of benzene rings is 1. The average molecular weight is 310 g/mol. The minimum Gasteiger partial charge on any atom is -0.397 e. The maximum Gasteiger partial charge on any atom is 0.225 e. The number of nitrogens with two attached hydrogens (primary N) is 1. The van der Waals surface area contributed by atoms with E-state index in [4.69, 9.17) is 17.3 Å². The zero-order valence-corrected chi connectivity index (χ0v) is 13.5. The predicted octanol–water partition coefficient (Wildman–Crippen LogP) is 3.37. The van der Waals surface area contributed by atoms with E-state index in [0.29, 0.717) is 34.8 Å². The van der Waals surface area contributed by atoms with Crippen LogP contribution in [0.2, 0.25) is 5.02 Å². The molecular formula is C16H24ClN3O. The van der Waals surface area contributed by atoms with Crippen LogP contribution in [-0.4, -0.2) is 29.9 Å². The van der Waals surface area contributed by atoms with E-state index in [1.165, 1.54) is 12.8 Å². The molecule has 1 aromatic rings. The summed E-state index contributed by atoms with van der Waals surface area (Å²) in [5.74, 6) is 0.722. The molecule has 0 radical (unpaired) electrons. The van der Waals surface area contributed by atoms with E-state index in [2.05, 4.69) is 24.1 Å². The molecule has 1 amide bonds. The third-order valence-electron chi connectivity index (χ3n) is 4.41. The van der Waals surface area contributed by atoms with Crippen LogP contribution in [0.1, 0.15) is 33.1 Å². The molecule has 1 fully saturated rings. The van der Waals surface area contributed by atoms with Gasteiger partial charge in [-0.1, -0.05) is 18.5 Å². The lowest BCUT2D eigenvalue weighted by molar-refractivity contribution is -0.116. The summed E-state index contributed by atoms with van der Waals surface area (Å²) in [7, 11) is 0. The van der Waals surface area contributed by atoms with Gasteiger partial charge in [-0.2, -0.15) is 0 Å². The van der Waals surface area contributed by atoms with Gasteiger partial charge in [-0.3, -0.25) is 9.69 Å². The van der Waals surface area contributed by atoms with Crippen molar-refractivity contribution in [1.29, 1.82) is 0 Å². The number of carbonyl (C=O) groups is 1. The Morgan fingerprint density at radius 1 is 1.48 bits per heavy atom. The summed E-state index contributed by atoms with van der Waals surface area (Å²) < 4.78 is 0. The molecule has 1 aromatic carbocycles. The Morgan fingerprint density at radius 3 is 2.95 bits per heavy atom. The summed E-state index contributed by atoms with van der Waals surface area (Å²) in [6.07, 6.45) is 3.01. The molecule has 2 rings (SSSR count). The van der Waals surface area contributed by atoms with Crippen molar-refractivity contribution in [2.45, 2.75) is 39.2 Å². The van der Waals surface area contributed by atoms with Gasteiger partial charge in [0.2, 0.25) is 5.91 Å². The van der Waals surface area contributed by atoms with Crippen molar-refractivity contribution >= 4 is 28.9 Å². The number of hydrogen-bond acceptors (Lipinski definition) is 3. The van der Waals surface area contributed by atoms with Gasteiger partial charge in [-0.25, -0.2) is 0 Å². The first-order valence-corrected chi connectivity index (χ1v) is 7.94. The molecule has 0 aliphatic carbocycles. The maximum atomic E-state index is 12.0. The van der Waals surface area contributed by atoms with Crippen LogP contribution in [0.5, 0.6) is 0 Å². The summed E-state index contributed by atoms with van der Waals surface area (Å²) in [5.41, 5.74) is 6.91. The number of carbonyl (C=O) groups excluding carboxylic acids is 1. The molecule has 2 unspecified atom stereocenters. The highest BCUT2D eigenvalue weighted by Crippen LogP contribution is 2.24. The van der Waals surface area contributed by atoms with Crippen LogP contribution in [0, 0.1) is 5.92 Å². The monoisotopic (exact) mass is 309 g/mol. The first kappa shape index (κ1) is 16.1. The molecule has 1 aliphatic heterocycles. The van der Waals surface area contributed by atoms with E-state index in [1.54, 1.807) is 18.2 Å². The third-order valence-corrected chi connectivity index (χ3v) is 4.75. The number of hydrogen-bond donors (Lipinski definition) is 2. The number of nitrogens with one attached hydrogen (secondary N) is 1. The van der Waals surface area contributed by atoms with E-state index in [9.17, 15) is 4.79 Å². The van der Waals surface area contributed by atoms with Gasteiger partial charge in [0.1, 0.15) is 0 Å². The summed E-state index contributed by atoms with van der Waals surface area (Å²) in [4.78, 5) is 14.4. The molecule has 1 saturated heterocycles. The predicted molar refractivity (Wildman–Crippen MR) is 88.5 cm³/mol. The molecule has 0 saturated carbocycles. The molecule has 0 bridgehead atoms. The Morgan fingerprint density at radius 2 is 2.24 bits per heavy atom. The van der Waals surface area contributed by atoms with Crippen molar-refractivity contribution in [1.82, 2.24) is 4.90 Å². The van der Waals surface area contributed by atoms with Crippen LogP contribution in [0.25, 0.3) is 0 Å². The van der Waals surface area contributed by atoms with Gasteiger partial charge in [0.15, 0.2) is 0 Å². The number of anilines is 2. The molecule has 2 atom stereocenters. The zero-order chi connectivity index (χ0) is 15.4. The molecule has 4 nitrogen and oxygen atoms in total. The normalized spacial score (nSPS) is 23.0. The number of piperidine rings is 1. The molecular weight excluding hydrogens is 286 g/mol. The third kappa shape index (κ3) is 4.35. The van der Waals surface area contributed by atoms with Crippen LogP contribution in [0.4, 0.5) is 11.4 Å². The second-order valence-electron chi connectivity index (χ2n) is 5.93. The first-order valence-electron chi connectivity index (χ1n) is 7.56. The van der Waals surface area contributed by atoms with E-state index in [-0.39, 0.29) is 5.91 Å². The Bertz CT molecular complexity index is 506. The standard InChI is InChI=1S/C16H24ClN3O/c1-11-4-3-8-20(12(11)2)9-7-16(21)19-13-5-6-14(17)15(18)10-13/h5-6,10-12H,3-4,7-9,18H2,1-2H3,(H,19,21). The van der Waals surface area contributed by atoms with Gasteiger partial charge < -0.3 is 11.1 Å². The summed E-state index contributed by atoms with van der Waals surface area (Å²) >= 11 is 5.87. The molecule has 3 N–H and O–H groups in total. The molecule has 0 spiro atoms. The Hall–Kier alpha value is -1.26. The second-order valence-corrected chi connectivity index (χ2v) is 6.34. The van der Waals surface area contributed by atoms with E-state index >= 15 is 0 Å². The van der Waals surface area contributed by atoms with Crippen molar-refractivity contribution in [2.24, 2.45) is 5.92 Å². The van der Waals surface area contributed by atoms with Gasteiger partial charge in [0, 0.05) is 24.7 Å². The fraction of sp³-hybridized carbons (Fsp3) is 0.562. The second kappa shape index (κ2) is 7.14. The van der Waals surface area contributed by atoms with Crippen LogP contribution < -0.4 is 11.1 Å². The minimum atomic E-state index is 0.0159. The van der Waals surface area contributed by atoms with Crippen LogP contribution in [-0.2, 0) is 4.79 Å². The van der Waals surface area contributed by atoms with Gasteiger partial charge >= 0.3 is 0 Å². The molecule has 1 aliphatic rings. The number of amides is 1. The molecule has 1 heterocycles. The molecule has 0 aromatic heterocycles. The van der Waals surface area contributed by atoms with Gasteiger partial charge in [0.05, 0.1) is 10.7 Å². The largest absolute Gasteiger partial charge is 0.397 e. The Labute approximate surface area is 131 Å². The van der Waals surface area contributed by atoms with E-state index in [1.807, 2.05) is 0 Å². The van der Waals surface area contributed by atoms with E-state index in [0.717, 1.165) is 13.1 Å². The molecule has 21 heavy (non-hydrogen) atoms. The number of likely N-dealkylation sites (tertiary alicyclic amines) is 1. The van der Waals surface area contributed by atoms with Gasteiger partial charge in [-0.15, -0.1) is 0 Å². The lowest BCUT2D eigenvalue weighted by Gasteiger charge is -2.37. The number of halogens is 1. The maximum absolute atomic E-state index is 12.0. The Balaban J connectivity index is 1.83. The highest BCUT2D eigenvalue weighted by molar-refractivity contribution is 6.33. The lowest BCUT2D eigenvalue weighted by atomic mass is 9.92. The summed E-state index contributed by atoms with van der Waals surface area (Å²) in [6.45, 7) is 6.43. The Kier molecular flexibility index (Phi) is 5.48. The fourth-order valence-corrected chi connectivity index (χ4v) is 2.94. The van der Waals surface area contributed by atoms with Crippen molar-refractivity contribution < 1.29 is 4.79 Å².